The summed E-state index contributed by atoms with van der Waals surface area (Å²) in [6.45, 7) is -0.577. The first-order valence-corrected chi connectivity index (χ1v) is 7.33. The molecule has 0 unspecified atom stereocenters. The first-order chi connectivity index (χ1) is 9.58. The lowest BCUT2D eigenvalue weighted by Crippen LogP contribution is -2.38. The molecule has 0 bridgehead atoms. The van der Waals surface area contributed by atoms with Gasteiger partial charge in [0.1, 0.15) is 6.54 Å². The molecule has 0 aromatic heterocycles. The highest BCUT2D eigenvalue weighted by molar-refractivity contribution is 5.86. The van der Waals surface area contributed by atoms with Gasteiger partial charge in [-0.05, 0) is 18.8 Å². The van der Waals surface area contributed by atoms with Gasteiger partial charge in [-0.1, -0.05) is 32.1 Å². The van der Waals surface area contributed by atoms with Crippen LogP contribution in [0.15, 0.2) is 0 Å². The zero-order valence-corrected chi connectivity index (χ0v) is 11.8. The molecular weight excluding hydrogens is 260 g/mol. The minimum atomic E-state index is -1.10. The molecule has 0 heterocycles. The molecule has 1 fully saturated rings. The Hall–Kier alpha value is -1.59. The highest BCUT2D eigenvalue weighted by atomic mass is 16.4. The van der Waals surface area contributed by atoms with Crippen molar-refractivity contribution in [2.24, 2.45) is 5.92 Å². The van der Waals surface area contributed by atoms with Gasteiger partial charge < -0.3 is 15.7 Å². The molecule has 0 aromatic carbocycles. The van der Waals surface area contributed by atoms with Crippen molar-refractivity contribution in [3.05, 3.63) is 0 Å². The summed E-state index contributed by atoms with van der Waals surface area (Å²) in [6.07, 6.45) is 8.87. The molecule has 0 atom stereocenters. The Kier molecular flexibility index (Phi) is 7.69. The van der Waals surface area contributed by atoms with Gasteiger partial charge >= 0.3 is 5.97 Å². The summed E-state index contributed by atoms with van der Waals surface area (Å²) in [4.78, 5) is 32.9. The van der Waals surface area contributed by atoms with Crippen molar-refractivity contribution in [3.8, 4) is 0 Å². The monoisotopic (exact) mass is 284 g/mol. The number of nitrogens with one attached hydrogen (secondary N) is 2. The summed E-state index contributed by atoms with van der Waals surface area (Å²) in [7, 11) is 0. The van der Waals surface area contributed by atoms with Crippen LogP contribution in [0.5, 0.6) is 0 Å². The van der Waals surface area contributed by atoms with Crippen LogP contribution in [0.2, 0.25) is 0 Å². The predicted octanol–water partition coefficient (Wildman–Crippen LogP) is 1.05. The van der Waals surface area contributed by atoms with Crippen molar-refractivity contribution in [2.45, 2.75) is 51.4 Å². The van der Waals surface area contributed by atoms with Gasteiger partial charge in [0, 0.05) is 6.42 Å². The highest BCUT2D eigenvalue weighted by Gasteiger charge is 2.13. The fourth-order valence-electron chi connectivity index (χ4n) is 2.53. The number of carboxylic acid groups (broad SMARTS) is 1. The van der Waals surface area contributed by atoms with Gasteiger partial charge in [0.05, 0.1) is 6.54 Å². The van der Waals surface area contributed by atoms with Crippen LogP contribution in [0.3, 0.4) is 0 Å². The molecule has 1 saturated carbocycles. The smallest absolute Gasteiger partial charge is 0.322 e. The van der Waals surface area contributed by atoms with Crippen LogP contribution in [-0.2, 0) is 14.4 Å². The number of hydrogen-bond donors (Lipinski definition) is 3. The van der Waals surface area contributed by atoms with E-state index in [4.69, 9.17) is 5.11 Å². The molecule has 1 aliphatic rings. The zero-order chi connectivity index (χ0) is 14.8. The third kappa shape index (κ3) is 7.76. The lowest BCUT2D eigenvalue weighted by molar-refractivity contribution is -0.137. The molecule has 114 valence electrons. The quantitative estimate of drug-likeness (QED) is 0.621. The Bertz CT molecular complexity index is 338. The van der Waals surface area contributed by atoms with E-state index in [1.54, 1.807) is 0 Å². The summed E-state index contributed by atoms with van der Waals surface area (Å²) in [5.41, 5.74) is 0. The molecule has 0 aliphatic heterocycles. The average Bonchev–Trinajstić information content (AvgIpc) is 2.44. The van der Waals surface area contributed by atoms with Crippen molar-refractivity contribution < 1.29 is 19.5 Å². The van der Waals surface area contributed by atoms with Gasteiger partial charge in [0.15, 0.2) is 0 Å². The average molecular weight is 284 g/mol. The van der Waals surface area contributed by atoms with Crippen LogP contribution in [0, 0.1) is 5.92 Å². The number of carbonyl (C=O) groups is 3. The normalized spacial score (nSPS) is 15.6. The predicted molar refractivity (Wildman–Crippen MR) is 74.1 cm³/mol. The zero-order valence-electron chi connectivity index (χ0n) is 11.8. The lowest BCUT2D eigenvalue weighted by Gasteiger charge is -2.21. The van der Waals surface area contributed by atoms with Crippen molar-refractivity contribution in [2.75, 3.05) is 13.1 Å². The molecule has 6 heteroatoms. The minimum absolute atomic E-state index is 0.147. The van der Waals surface area contributed by atoms with E-state index in [0.717, 1.165) is 18.8 Å². The Labute approximate surface area is 119 Å². The molecule has 1 rings (SSSR count). The van der Waals surface area contributed by atoms with Crippen molar-refractivity contribution in [1.29, 1.82) is 0 Å². The van der Waals surface area contributed by atoms with Gasteiger partial charge in [-0.25, -0.2) is 0 Å². The second kappa shape index (κ2) is 9.34. The lowest BCUT2D eigenvalue weighted by atomic mass is 9.86. The van der Waals surface area contributed by atoms with E-state index >= 15 is 0 Å². The SMILES string of the molecule is O=C(O)CNC(=O)CNC(=O)CCCC1CCCCC1. The van der Waals surface area contributed by atoms with Crippen molar-refractivity contribution in [3.63, 3.8) is 0 Å². The van der Waals surface area contributed by atoms with Crippen molar-refractivity contribution in [1.82, 2.24) is 10.6 Å². The van der Waals surface area contributed by atoms with E-state index in [1.165, 1.54) is 32.1 Å². The van der Waals surface area contributed by atoms with E-state index in [0.29, 0.717) is 6.42 Å². The maximum Gasteiger partial charge on any atom is 0.322 e. The summed E-state index contributed by atoms with van der Waals surface area (Å²) in [6, 6.07) is 0. The Balaban J connectivity index is 2.02. The van der Waals surface area contributed by atoms with Crippen LogP contribution >= 0.6 is 0 Å². The minimum Gasteiger partial charge on any atom is -0.480 e. The van der Waals surface area contributed by atoms with E-state index in [9.17, 15) is 14.4 Å². The van der Waals surface area contributed by atoms with E-state index in [2.05, 4.69) is 10.6 Å². The molecule has 2 amide bonds. The summed E-state index contributed by atoms with van der Waals surface area (Å²) in [5, 5.41) is 13.1. The summed E-state index contributed by atoms with van der Waals surface area (Å²) in [5.74, 6) is -0.966. The number of carbonyl (C=O) groups excluding carboxylic acids is 2. The fourth-order valence-corrected chi connectivity index (χ4v) is 2.53. The molecular formula is C14H24N2O4. The Morgan fingerprint density at radius 1 is 0.950 bits per heavy atom. The van der Waals surface area contributed by atoms with E-state index in [-0.39, 0.29) is 12.5 Å². The number of carboxylic acids is 1. The molecule has 20 heavy (non-hydrogen) atoms. The number of aliphatic carboxylic acids is 1. The molecule has 0 saturated heterocycles. The second-order valence-electron chi connectivity index (χ2n) is 5.34. The fraction of sp³-hybridized carbons (Fsp3) is 0.786. The standard InChI is InChI=1S/C14H24N2O4/c17-12(15-9-13(18)16-10-14(19)20)8-4-7-11-5-2-1-3-6-11/h11H,1-10H2,(H,15,17)(H,16,18)(H,19,20). The van der Waals surface area contributed by atoms with Gasteiger partial charge in [-0.2, -0.15) is 0 Å². The third-order valence-electron chi connectivity index (χ3n) is 3.62. The third-order valence-corrected chi connectivity index (χ3v) is 3.62. The maximum absolute atomic E-state index is 11.5. The van der Waals surface area contributed by atoms with Crippen LogP contribution < -0.4 is 10.6 Å². The molecule has 0 spiro atoms. The summed E-state index contributed by atoms with van der Waals surface area (Å²) < 4.78 is 0. The molecule has 1 aliphatic carbocycles. The van der Waals surface area contributed by atoms with Gasteiger partial charge in [0.2, 0.25) is 11.8 Å². The highest BCUT2D eigenvalue weighted by Crippen LogP contribution is 2.27. The molecule has 6 nitrogen and oxygen atoms in total. The summed E-state index contributed by atoms with van der Waals surface area (Å²) >= 11 is 0. The first-order valence-electron chi connectivity index (χ1n) is 7.33. The van der Waals surface area contributed by atoms with Crippen LogP contribution in [0.4, 0.5) is 0 Å². The van der Waals surface area contributed by atoms with Crippen LogP contribution in [-0.4, -0.2) is 36.0 Å². The first kappa shape index (κ1) is 16.5. The second-order valence-corrected chi connectivity index (χ2v) is 5.34. The molecule has 0 aromatic rings. The van der Waals surface area contributed by atoms with Crippen LogP contribution in [0.1, 0.15) is 51.4 Å². The maximum atomic E-state index is 11.5. The molecule has 3 N–H and O–H groups in total. The topological polar surface area (TPSA) is 95.5 Å². The van der Waals surface area contributed by atoms with Gasteiger partial charge in [0.25, 0.3) is 0 Å². The number of hydrogen-bond acceptors (Lipinski definition) is 3. The Morgan fingerprint density at radius 2 is 1.60 bits per heavy atom. The van der Waals surface area contributed by atoms with Gasteiger partial charge in [-0.15, -0.1) is 0 Å². The Morgan fingerprint density at radius 3 is 2.25 bits per heavy atom. The molecule has 0 radical (unpaired) electrons. The number of rotatable bonds is 8. The van der Waals surface area contributed by atoms with Crippen LogP contribution in [0.25, 0.3) is 0 Å². The largest absolute Gasteiger partial charge is 0.480 e. The van der Waals surface area contributed by atoms with E-state index < -0.39 is 18.4 Å². The van der Waals surface area contributed by atoms with E-state index in [1.807, 2.05) is 0 Å². The van der Waals surface area contributed by atoms with Gasteiger partial charge in [-0.3, -0.25) is 14.4 Å². The van der Waals surface area contributed by atoms with Crippen molar-refractivity contribution >= 4 is 17.8 Å². The number of amides is 2.